The Morgan fingerprint density at radius 1 is 1.46 bits per heavy atom. The van der Waals surface area contributed by atoms with E-state index in [-0.39, 0.29) is 11.9 Å². The number of quaternary nitrogens is 1. The summed E-state index contributed by atoms with van der Waals surface area (Å²) in [5.74, 6) is -0.169. The number of carbonyl (C=O) groups excluding carboxylic acids is 1. The molecule has 0 spiro atoms. The van der Waals surface area contributed by atoms with Gasteiger partial charge in [0, 0.05) is 5.33 Å². The molecule has 78 valence electrons. The van der Waals surface area contributed by atoms with E-state index in [0.717, 1.165) is 11.0 Å². The van der Waals surface area contributed by atoms with Crippen LogP contribution in [-0.2, 0) is 9.53 Å². The van der Waals surface area contributed by atoms with Crippen molar-refractivity contribution in [3.05, 3.63) is 0 Å². The molecule has 0 amide bonds. The van der Waals surface area contributed by atoms with Crippen molar-refractivity contribution < 1.29 is 14.0 Å². The second kappa shape index (κ2) is 5.60. The minimum absolute atomic E-state index is 0.0486. The van der Waals surface area contributed by atoms with Crippen molar-refractivity contribution >= 4 is 21.9 Å². The molecule has 0 bridgehead atoms. The Hall–Kier alpha value is -0.0900. The predicted octanol–water partition coefficient (Wildman–Crippen LogP) is 1.27. The molecule has 0 N–H and O–H groups in total. The SMILES string of the molecule is CC(CBr)C(=O)OCC[N+](C)(C)C. The third-order valence-corrected chi connectivity index (χ3v) is 2.61. The van der Waals surface area contributed by atoms with Crippen LogP contribution in [0.1, 0.15) is 6.92 Å². The molecule has 0 aliphatic rings. The van der Waals surface area contributed by atoms with Gasteiger partial charge in [0.2, 0.25) is 0 Å². The summed E-state index contributed by atoms with van der Waals surface area (Å²) in [5.41, 5.74) is 0. The standard InChI is InChI=1S/C9H19BrNO2/c1-8(7-10)9(12)13-6-5-11(2,3)4/h8H,5-7H2,1-4H3/q+1. The van der Waals surface area contributed by atoms with Crippen LogP contribution in [0.15, 0.2) is 0 Å². The number of hydrogen-bond acceptors (Lipinski definition) is 2. The molecule has 0 rings (SSSR count). The van der Waals surface area contributed by atoms with Gasteiger partial charge in [-0.3, -0.25) is 4.79 Å². The number of esters is 1. The molecule has 13 heavy (non-hydrogen) atoms. The largest absolute Gasteiger partial charge is 0.459 e. The Morgan fingerprint density at radius 2 is 2.00 bits per heavy atom. The Kier molecular flexibility index (Phi) is 5.56. The van der Waals surface area contributed by atoms with Gasteiger partial charge in [-0.25, -0.2) is 0 Å². The van der Waals surface area contributed by atoms with Gasteiger partial charge in [-0.2, -0.15) is 0 Å². The highest BCUT2D eigenvalue weighted by Crippen LogP contribution is 2.02. The predicted molar refractivity (Wildman–Crippen MR) is 56.8 cm³/mol. The summed E-state index contributed by atoms with van der Waals surface area (Å²) in [6, 6.07) is 0. The monoisotopic (exact) mass is 252 g/mol. The van der Waals surface area contributed by atoms with Gasteiger partial charge in [-0.1, -0.05) is 22.9 Å². The molecule has 1 unspecified atom stereocenters. The van der Waals surface area contributed by atoms with Crippen molar-refractivity contribution in [2.45, 2.75) is 6.92 Å². The molecule has 0 radical (unpaired) electrons. The van der Waals surface area contributed by atoms with Crippen LogP contribution in [0.3, 0.4) is 0 Å². The Bertz CT molecular complexity index is 165. The summed E-state index contributed by atoms with van der Waals surface area (Å²) < 4.78 is 5.90. The maximum absolute atomic E-state index is 11.2. The summed E-state index contributed by atoms with van der Waals surface area (Å²) in [5, 5.41) is 0.663. The fourth-order valence-electron chi connectivity index (χ4n) is 0.625. The van der Waals surface area contributed by atoms with Crippen LogP contribution in [-0.4, -0.2) is 50.1 Å². The van der Waals surface area contributed by atoms with E-state index in [1.165, 1.54) is 0 Å². The summed E-state index contributed by atoms with van der Waals surface area (Å²) in [7, 11) is 6.21. The highest BCUT2D eigenvalue weighted by molar-refractivity contribution is 9.09. The van der Waals surface area contributed by atoms with Crippen molar-refractivity contribution in [3.8, 4) is 0 Å². The normalized spacial score (nSPS) is 13.9. The van der Waals surface area contributed by atoms with Crippen molar-refractivity contribution in [3.63, 3.8) is 0 Å². The van der Waals surface area contributed by atoms with E-state index in [9.17, 15) is 4.79 Å². The molecule has 0 aromatic heterocycles. The lowest BCUT2D eigenvalue weighted by atomic mass is 10.2. The van der Waals surface area contributed by atoms with Gasteiger partial charge in [0.15, 0.2) is 0 Å². The molecule has 0 saturated heterocycles. The fraction of sp³-hybridized carbons (Fsp3) is 0.889. The smallest absolute Gasteiger partial charge is 0.309 e. The minimum Gasteiger partial charge on any atom is -0.459 e. The number of nitrogens with zero attached hydrogens (tertiary/aromatic N) is 1. The molecule has 0 heterocycles. The van der Waals surface area contributed by atoms with Gasteiger partial charge in [-0.15, -0.1) is 0 Å². The second-order valence-corrected chi connectivity index (χ2v) is 4.88. The number of rotatable bonds is 5. The molecule has 0 fully saturated rings. The first kappa shape index (κ1) is 12.9. The highest BCUT2D eigenvalue weighted by Gasteiger charge is 2.14. The lowest BCUT2D eigenvalue weighted by Gasteiger charge is -2.23. The first-order valence-electron chi connectivity index (χ1n) is 4.40. The van der Waals surface area contributed by atoms with Crippen LogP contribution >= 0.6 is 15.9 Å². The van der Waals surface area contributed by atoms with Gasteiger partial charge >= 0.3 is 5.97 Å². The van der Waals surface area contributed by atoms with E-state index in [0.29, 0.717) is 11.9 Å². The van der Waals surface area contributed by atoms with Crippen LogP contribution in [0.5, 0.6) is 0 Å². The zero-order valence-corrected chi connectivity index (χ0v) is 10.4. The first-order chi connectivity index (χ1) is 5.87. The van der Waals surface area contributed by atoms with Crippen molar-refractivity contribution in [1.29, 1.82) is 0 Å². The number of carbonyl (C=O) groups is 1. The van der Waals surface area contributed by atoms with Gasteiger partial charge in [0.05, 0.1) is 27.1 Å². The average molecular weight is 253 g/mol. The topological polar surface area (TPSA) is 26.3 Å². The molecule has 0 aromatic rings. The third-order valence-electron chi connectivity index (χ3n) is 1.64. The van der Waals surface area contributed by atoms with E-state index < -0.39 is 0 Å². The summed E-state index contributed by atoms with van der Waals surface area (Å²) >= 11 is 3.24. The zero-order valence-electron chi connectivity index (χ0n) is 8.84. The molecule has 0 aliphatic heterocycles. The van der Waals surface area contributed by atoms with Gasteiger partial charge in [0.25, 0.3) is 0 Å². The van der Waals surface area contributed by atoms with E-state index in [2.05, 4.69) is 37.1 Å². The van der Waals surface area contributed by atoms with Gasteiger partial charge < -0.3 is 9.22 Å². The van der Waals surface area contributed by atoms with Crippen LogP contribution in [0.4, 0.5) is 0 Å². The molecule has 0 aromatic carbocycles. The number of likely N-dealkylation sites (N-methyl/N-ethyl adjacent to an activating group) is 1. The van der Waals surface area contributed by atoms with Crippen molar-refractivity contribution in [2.24, 2.45) is 5.92 Å². The molecule has 0 saturated carbocycles. The highest BCUT2D eigenvalue weighted by atomic mass is 79.9. The molecule has 3 nitrogen and oxygen atoms in total. The first-order valence-corrected chi connectivity index (χ1v) is 5.52. The van der Waals surface area contributed by atoms with Crippen LogP contribution in [0.25, 0.3) is 0 Å². The summed E-state index contributed by atoms with van der Waals surface area (Å²) in [4.78, 5) is 11.2. The molecular formula is C9H19BrNO2+. The Morgan fingerprint density at radius 3 is 2.38 bits per heavy atom. The maximum atomic E-state index is 11.2. The van der Waals surface area contributed by atoms with E-state index >= 15 is 0 Å². The van der Waals surface area contributed by atoms with Crippen LogP contribution in [0, 0.1) is 5.92 Å². The summed E-state index contributed by atoms with van der Waals surface area (Å²) in [6.07, 6.45) is 0. The number of halogens is 1. The summed E-state index contributed by atoms with van der Waals surface area (Å²) in [6.45, 7) is 3.20. The zero-order chi connectivity index (χ0) is 10.5. The van der Waals surface area contributed by atoms with Crippen LogP contribution in [0.2, 0.25) is 0 Å². The van der Waals surface area contributed by atoms with Crippen LogP contribution < -0.4 is 0 Å². The van der Waals surface area contributed by atoms with Gasteiger partial charge in [-0.05, 0) is 0 Å². The average Bonchev–Trinajstić information content (AvgIpc) is 2.00. The quantitative estimate of drug-likeness (QED) is 0.419. The molecule has 1 atom stereocenters. The van der Waals surface area contributed by atoms with Crippen molar-refractivity contribution in [2.75, 3.05) is 39.6 Å². The van der Waals surface area contributed by atoms with E-state index in [1.54, 1.807) is 0 Å². The maximum Gasteiger partial charge on any atom is 0.309 e. The molecular weight excluding hydrogens is 234 g/mol. The second-order valence-electron chi connectivity index (χ2n) is 4.24. The van der Waals surface area contributed by atoms with E-state index in [1.807, 2.05) is 6.92 Å². The fourth-order valence-corrected chi connectivity index (χ4v) is 0.890. The molecule has 4 heteroatoms. The number of hydrogen-bond donors (Lipinski definition) is 0. The third kappa shape index (κ3) is 7.02. The van der Waals surface area contributed by atoms with Gasteiger partial charge in [0.1, 0.15) is 13.2 Å². The lowest BCUT2D eigenvalue weighted by molar-refractivity contribution is -0.870. The lowest BCUT2D eigenvalue weighted by Crippen LogP contribution is -2.38. The minimum atomic E-state index is -0.120. The Labute approximate surface area is 88.8 Å². The molecule has 0 aliphatic carbocycles. The Balaban J connectivity index is 3.60. The number of alkyl halides is 1. The number of ether oxygens (including phenoxy) is 1. The van der Waals surface area contributed by atoms with Crippen molar-refractivity contribution in [1.82, 2.24) is 0 Å². The van der Waals surface area contributed by atoms with E-state index in [4.69, 9.17) is 4.74 Å².